The molecule has 0 saturated heterocycles. The summed E-state index contributed by atoms with van der Waals surface area (Å²) in [6.07, 6.45) is 2.63. The largest absolute Gasteiger partial charge is 0.493 e. The Bertz CT molecular complexity index is 1680. The van der Waals surface area contributed by atoms with Gasteiger partial charge in [-0.2, -0.15) is 0 Å². The molecule has 2 aromatic heterocycles. The molecule has 0 aliphatic carbocycles. The maximum Gasteiger partial charge on any atom is 0.409 e. The summed E-state index contributed by atoms with van der Waals surface area (Å²) in [6, 6.07) is 7.07. The van der Waals surface area contributed by atoms with Crippen LogP contribution in [0.3, 0.4) is 0 Å². The number of carbonyl (C=O) groups excluding carboxylic acids is 2. The fourth-order valence-corrected chi connectivity index (χ4v) is 6.40. The van der Waals surface area contributed by atoms with Crippen LogP contribution in [0.15, 0.2) is 35.3 Å². The van der Waals surface area contributed by atoms with Gasteiger partial charge >= 0.3 is 6.09 Å². The van der Waals surface area contributed by atoms with Crippen LogP contribution in [-0.4, -0.2) is 79.5 Å². The van der Waals surface area contributed by atoms with Crippen molar-refractivity contribution in [2.45, 2.75) is 13.0 Å². The Morgan fingerprint density at radius 1 is 1.02 bits per heavy atom. The average Bonchev–Trinajstić information content (AvgIpc) is 3.45. The Morgan fingerprint density at radius 2 is 1.73 bits per heavy atom. The van der Waals surface area contributed by atoms with Gasteiger partial charge < -0.3 is 37.9 Å². The molecule has 216 valence electrons. The fourth-order valence-electron chi connectivity index (χ4n) is 4.62. The summed E-state index contributed by atoms with van der Waals surface area (Å²) in [5.41, 5.74) is 1.05. The van der Waals surface area contributed by atoms with Crippen LogP contribution in [0, 0.1) is 0 Å². The van der Waals surface area contributed by atoms with Crippen molar-refractivity contribution in [2.24, 2.45) is 0 Å². The van der Waals surface area contributed by atoms with Crippen molar-refractivity contribution in [3.63, 3.8) is 0 Å². The lowest BCUT2D eigenvalue weighted by Gasteiger charge is -2.20. The van der Waals surface area contributed by atoms with Crippen molar-refractivity contribution in [1.29, 1.82) is 0 Å². The minimum absolute atomic E-state index is 0.110. The number of fused-ring (bicyclic) bond motifs is 6. The highest BCUT2D eigenvalue weighted by molar-refractivity contribution is 8.76. The zero-order valence-electron chi connectivity index (χ0n) is 22.8. The number of aromatic nitrogens is 2. The number of hydrogen-bond donors (Lipinski definition) is 0. The molecule has 0 radical (unpaired) electrons. The van der Waals surface area contributed by atoms with E-state index >= 15 is 0 Å². The fraction of sp³-hybridized carbons (Fsp3) is 0.357. The standard InChI is InChI=1S/C28H29N3O8S2/c1-30(28(34)37-8-10-41-40-9-4-7-32)5-6-31-26-19-13-24-25(39-16-38-24)14-21(19)29-15-20(26)17-11-22(35-2)23(36-3)12-18(17)27(31)33/h7,11-15H,4-6,8-10,16H2,1-3H3. The summed E-state index contributed by atoms with van der Waals surface area (Å²) in [6.45, 7) is 0.780. The van der Waals surface area contributed by atoms with Gasteiger partial charge in [-0.15, -0.1) is 0 Å². The minimum Gasteiger partial charge on any atom is -0.493 e. The SMILES string of the molecule is COc1cc2c(=O)n(CCN(C)C(=O)OCCSSCCC=O)c3c4cc5c(cc4ncc3c2cc1OC)OCO5. The van der Waals surface area contributed by atoms with Gasteiger partial charge in [0, 0.05) is 66.5 Å². The summed E-state index contributed by atoms with van der Waals surface area (Å²) in [5.74, 6) is 3.42. The van der Waals surface area contributed by atoms with Crippen molar-refractivity contribution >= 4 is 66.5 Å². The van der Waals surface area contributed by atoms with E-state index in [0.717, 1.165) is 22.8 Å². The number of ether oxygens (including phenoxy) is 5. The van der Waals surface area contributed by atoms with E-state index in [-0.39, 0.29) is 32.0 Å². The predicted octanol–water partition coefficient (Wildman–Crippen LogP) is 4.49. The van der Waals surface area contributed by atoms with E-state index in [1.165, 1.54) is 12.0 Å². The van der Waals surface area contributed by atoms with Gasteiger partial charge in [-0.25, -0.2) is 4.79 Å². The van der Waals surface area contributed by atoms with Crippen molar-refractivity contribution < 1.29 is 33.3 Å². The van der Waals surface area contributed by atoms with E-state index in [2.05, 4.69) is 4.98 Å². The Hall–Kier alpha value is -3.84. The Morgan fingerprint density at radius 3 is 2.46 bits per heavy atom. The molecule has 2 aromatic carbocycles. The van der Waals surface area contributed by atoms with Crippen LogP contribution in [0.2, 0.25) is 0 Å². The predicted molar refractivity (Wildman–Crippen MR) is 160 cm³/mol. The molecule has 11 nitrogen and oxygen atoms in total. The molecule has 0 atom stereocenters. The highest BCUT2D eigenvalue weighted by Gasteiger charge is 2.21. The van der Waals surface area contributed by atoms with E-state index < -0.39 is 6.09 Å². The first kappa shape index (κ1) is 28.7. The van der Waals surface area contributed by atoms with E-state index in [4.69, 9.17) is 23.7 Å². The molecular weight excluding hydrogens is 570 g/mol. The van der Waals surface area contributed by atoms with Gasteiger partial charge in [0.25, 0.3) is 5.56 Å². The number of benzene rings is 2. The Balaban J connectivity index is 1.50. The molecule has 0 saturated carbocycles. The number of pyridine rings is 2. The Labute approximate surface area is 243 Å². The molecule has 0 spiro atoms. The summed E-state index contributed by atoms with van der Waals surface area (Å²) in [4.78, 5) is 43.2. The molecule has 0 bridgehead atoms. The lowest BCUT2D eigenvalue weighted by molar-refractivity contribution is -0.107. The van der Waals surface area contributed by atoms with Crippen LogP contribution in [0.1, 0.15) is 6.42 Å². The minimum atomic E-state index is -0.483. The zero-order chi connectivity index (χ0) is 28.9. The van der Waals surface area contributed by atoms with Gasteiger partial charge in [-0.1, -0.05) is 21.6 Å². The maximum atomic E-state index is 14.0. The third-order valence-electron chi connectivity index (χ3n) is 6.66. The maximum absolute atomic E-state index is 14.0. The zero-order valence-corrected chi connectivity index (χ0v) is 24.5. The highest BCUT2D eigenvalue weighted by Crippen LogP contribution is 2.40. The number of likely N-dealkylation sites (N-methyl/N-ethyl adjacent to an activating group) is 1. The van der Waals surface area contributed by atoms with Crippen molar-refractivity contribution in [3.05, 3.63) is 40.8 Å². The molecule has 13 heteroatoms. The topological polar surface area (TPSA) is 118 Å². The first-order valence-electron chi connectivity index (χ1n) is 12.8. The molecule has 1 aliphatic rings. The first-order valence-corrected chi connectivity index (χ1v) is 15.3. The van der Waals surface area contributed by atoms with E-state index in [0.29, 0.717) is 57.0 Å². The third kappa shape index (κ3) is 5.82. The van der Waals surface area contributed by atoms with Gasteiger partial charge in [-0.05, 0) is 18.2 Å². The summed E-state index contributed by atoms with van der Waals surface area (Å²) < 4.78 is 29.2. The first-order chi connectivity index (χ1) is 20.0. The van der Waals surface area contributed by atoms with Crippen LogP contribution in [0.4, 0.5) is 4.79 Å². The average molecular weight is 600 g/mol. The van der Waals surface area contributed by atoms with E-state index in [9.17, 15) is 14.4 Å². The van der Waals surface area contributed by atoms with Gasteiger partial charge in [-0.3, -0.25) is 9.78 Å². The van der Waals surface area contributed by atoms with Gasteiger partial charge in [0.15, 0.2) is 23.0 Å². The van der Waals surface area contributed by atoms with Crippen LogP contribution in [-0.2, 0) is 16.1 Å². The van der Waals surface area contributed by atoms with Gasteiger partial charge in [0.2, 0.25) is 6.79 Å². The van der Waals surface area contributed by atoms with Crippen LogP contribution in [0.5, 0.6) is 23.0 Å². The Kier molecular flexibility index (Phi) is 8.93. The molecule has 0 fully saturated rings. The van der Waals surface area contributed by atoms with E-state index in [1.807, 2.05) is 6.07 Å². The second kappa shape index (κ2) is 12.8. The van der Waals surface area contributed by atoms with Gasteiger partial charge in [0.05, 0.1) is 30.6 Å². The molecule has 1 aliphatic heterocycles. The van der Waals surface area contributed by atoms with Crippen LogP contribution < -0.4 is 24.5 Å². The number of aldehydes is 1. The van der Waals surface area contributed by atoms with Crippen molar-refractivity contribution in [1.82, 2.24) is 14.5 Å². The number of hydrogen-bond acceptors (Lipinski definition) is 11. The number of carbonyl (C=O) groups is 2. The molecule has 0 N–H and O–H groups in total. The molecule has 3 heterocycles. The number of methoxy groups -OCH3 is 2. The summed E-state index contributed by atoms with van der Waals surface area (Å²) in [5, 5.41) is 2.56. The second-order valence-corrected chi connectivity index (χ2v) is 11.8. The second-order valence-electron chi connectivity index (χ2n) is 9.09. The van der Waals surface area contributed by atoms with E-state index in [1.54, 1.807) is 64.7 Å². The number of nitrogens with zero attached hydrogens (tertiary/aromatic N) is 3. The molecule has 4 aromatic rings. The number of rotatable bonds is 12. The van der Waals surface area contributed by atoms with Crippen molar-refractivity contribution in [3.8, 4) is 23.0 Å². The lowest BCUT2D eigenvalue weighted by atomic mass is 10.0. The molecule has 0 unspecified atom stereocenters. The lowest BCUT2D eigenvalue weighted by Crippen LogP contribution is -2.33. The molecule has 1 amide bonds. The number of amides is 1. The monoisotopic (exact) mass is 599 g/mol. The normalized spacial score (nSPS) is 12.2. The van der Waals surface area contributed by atoms with Crippen LogP contribution in [0.25, 0.3) is 32.6 Å². The van der Waals surface area contributed by atoms with Crippen LogP contribution >= 0.6 is 21.6 Å². The smallest absolute Gasteiger partial charge is 0.409 e. The highest BCUT2D eigenvalue weighted by atomic mass is 33.1. The van der Waals surface area contributed by atoms with Crippen molar-refractivity contribution in [2.75, 3.05) is 52.7 Å². The molecular formula is C28H29N3O8S2. The summed E-state index contributed by atoms with van der Waals surface area (Å²) >= 11 is 0. The summed E-state index contributed by atoms with van der Waals surface area (Å²) in [7, 11) is 7.81. The molecule has 5 rings (SSSR count). The third-order valence-corrected chi connectivity index (χ3v) is 9.06. The molecule has 41 heavy (non-hydrogen) atoms. The van der Waals surface area contributed by atoms with Gasteiger partial charge in [0.1, 0.15) is 12.9 Å². The quantitative estimate of drug-likeness (QED) is 0.0992.